The predicted octanol–water partition coefficient (Wildman–Crippen LogP) is 11.8. The lowest BCUT2D eigenvalue weighted by molar-refractivity contribution is 0.378. The summed E-state index contributed by atoms with van der Waals surface area (Å²) in [6, 6.07) is 39.9. The molecule has 66 heavy (non-hydrogen) atoms. The summed E-state index contributed by atoms with van der Waals surface area (Å²) in [5.41, 5.74) is 7.02. The van der Waals surface area contributed by atoms with Gasteiger partial charge >= 0.3 is 0 Å². The minimum absolute atomic E-state index is 0.0140. The van der Waals surface area contributed by atoms with Crippen LogP contribution >= 0.6 is 0 Å². The molecule has 0 spiro atoms. The molecule has 0 unspecified atom stereocenters. The molecule has 3 N–H and O–H groups in total. The van der Waals surface area contributed by atoms with Crippen molar-refractivity contribution in [2.24, 2.45) is 0 Å². The summed E-state index contributed by atoms with van der Waals surface area (Å²) >= 11 is 0. The molecule has 330 valence electrons. The Morgan fingerprint density at radius 1 is 0.530 bits per heavy atom. The average molecular weight is 881 g/mol. The number of nitrogens with one attached hydrogen (secondary N) is 3. The summed E-state index contributed by atoms with van der Waals surface area (Å²) in [5.74, 6) is 2.81. The molecule has 1 saturated heterocycles. The van der Waals surface area contributed by atoms with Gasteiger partial charge in [-0.25, -0.2) is 38.7 Å². The highest BCUT2D eigenvalue weighted by Gasteiger charge is 2.26. The van der Waals surface area contributed by atoms with Gasteiger partial charge in [0.25, 0.3) is 0 Å². The number of aromatic nitrogens is 7. The Morgan fingerprint density at radius 3 is 1.53 bits per heavy atom. The Morgan fingerprint density at radius 2 is 1.02 bits per heavy atom. The van der Waals surface area contributed by atoms with Crippen LogP contribution in [0.2, 0.25) is 0 Å². The Hall–Kier alpha value is -7.97. The molecule has 6 heterocycles. The van der Waals surface area contributed by atoms with Crippen molar-refractivity contribution in [2.45, 2.75) is 44.7 Å². The predicted molar refractivity (Wildman–Crippen MR) is 251 cm³/mol. The van der Waals surface area contributed by atoms with Crippen LogP contribution in [0.5, 0.6) is 0 Å². The molecule has 0 saturated carbocycles. The number of hydrogen-bond acceptors (Lipinski definition) is 12. The lowest BCUT2D eigenvalue weighted by atomic mass is 9.98. The third-order valence-corrected chi connectivity index (χ3v) is 11.2. The van der Waals surface area contributed by atoms with Gasteiger partial charge in [-0.2, -0.15) is 0 Å². The SMILES string of the molecule is C[C@H](Nc1nccc(-c2oc(-c3ccncc3)nc2-c2ccc(F)cc2)n1)c1ccccc1.C[C@H](Nc1nccc(-c2oc(C3CCNCC3)nc2-c2ccc(F)cc2)n1)c1ccccc1. The molecule has 1 aliphatic heterocycles. The van der Waals surface area contributed by atoms with Gasteiger partial charge in [-0.3, -0.25) is 4.98 Å². The van der Waals surface area contributed by atoms with Crippen LogP contribution in [0.4, 0.5) is 20.7 Å². The molecule has 14 heteroatoms. The molecule has 10 rings (SSSR count). The van der Waals surface area contributed by atoms with Gasteiger partial charge in [0.1, 0.15) is 34.4 Å². The molecule has 0 bridgehead atoms. The average Bonchev–Trinajstić information content (AvgIpc) is 4.03. The van der Waals surface area contributed by atoms with Gasteiger partial charge in [0.15, 0.2) is 17.4 Å². The second-order valence-electron chi connectivity index (χ2n) is 15.8. The van der Waals surface area contributed by atoms with Crippen molar-refractivity contribution in [1.82, 2.24) is 40.2 Å². The van der Waals surface area contributed by atoms with Crippen LogP contribution in [-0.2, 0) is 0 Å². The highest BCUT2D eigenvalue weighted by Crippen LogP contribution is 2.38. The van der Waals surface area contributed by atoms with Crippen molar-refractivity contribution < 1.29 is 17.6 Å². The van der Waals surface area contributed by atoms with Crippen LogP contribution < -0.4 is 16.0 Å². The zero-order valence-corrected chi connectivity index (χ0v) is 36.3. The first-order valence-electron chi connectivity index (χ1n) is 21.8. The first kappa shape index (κ1) is 43.3. The van der Waals surface area contributed by atoms with E-state index in [1.807, 2.05) is 73.7 Å². The molecule has 4 aromatic carbocycles. The largest absolute Gasteiger partial charge is 0.438 e. The zero-order valence-electron chi connectivity index (χ0n) is 36.3. The number of pyridine rings is 1. The van der Waals surface area contributed by atoms with E-state index in [1.165, 1.54) is 24.3 Å². The minimum Gasteiger partial charge on any atom is -0.438 e. The first-order chi connectivity index (χ1) is 32.3. The van der Waals surface area contributed by atoms with Gasteiger partial charge in [0.2, 0.25) is 17.8 Å². The van der Waals surface area contributed by atoms with Crippen LogP contribution in [0.25, 0.3) is 56.9 Å². The van der Waals surface area contributed by atoms with Crippen LogP contribution in [0.1, 0.15) is 61.7 Å². The number of oxazole rings is 2. The third-order valence-electron chi connectivity index (χ3n) is 11.2. The Kier molecular flexibility index (Phi) is 13.3. The first-order valence-corrected chi connectivity index (χ1v) is 21.8. The van der Waals surface area contributed by atoms with E-state index in [1.54, 1.807) is 55.1 Å². The van der Waals surface area contributed by atoms with E-state index in [4.69, 9.17) is 23.8 Å². The Labute approximate surface area is 380 Å². The van der Waals surface area contributed by atoms with E-state index in [2.05, 4.69) is 54.9 Å². The zero-order chi connectivity index (χ0) is 45.2. The van der Waals surface area contributed by atoms with Gasteiger partial charge in [0.05, 0.1) is 12.1 Å². The second kappa shape index (κ2) is 20.2. The van der Waals surface area contributed by atoms with Crippen molar-refractivity contribution in [3.8, 4) is 56.9 Å². The number of hydrogen-bond donors (Lipinski definition) is 3. The summed E-state index contributed by atoms with van der Waals surface area (Å²) in [4.78, 5) is 31.8. The lowest BCUT2D eigenvalue weighted by Crippen LogP contribution is -2.26. The van der Waals surface area contributed by atoms with E-state index < -0.39 is 0 Å². The molecular weight excluding hydrogens is 835 g/mol. The normalized spacial score (nSPS) is 13.6. The standard InChI is InChI=1S/C26H26FN5O.C26H20FN5O/c2*1-17(18-5-3-2-4-6-18)30-26-29-16-13-22(31-26)24-23(19-7-9-21(27)10-8-19)32-25(33-24)20-11-14-28-15-12-20/h2-10,13,16-17,20,28H,11-12,14-15H2,1H3,(H,29,30,31);2-17H,1H3,(H,29,30,31)/t2*17-/m00/s1. The van der Waals surface area contributed by atoms with E-state index in [0.29, 0.717) is 58.0 Å². The fourth-order valence-electron chi connectivity index (χ4n) is 7.62. The number of benzene rings is 4. The Balaban J connectivity index is 0.000000166. The number of nitrogens with zero attached hydrogens (tertiary/aromatic N) is 7. The maximum absolute atomic E-state index is 13.6. The molecule has 1 aliphatic rings. The molecule has 0 radical (unpaired) electrons. The minimum atomic E-state index is -0.318. The van der Waals surface area contributed by atoms with Crippen molar-refractivity contribution in [3.63, 3.8) is 0 Å². The van der Waals surface area contributed by atoms with E-state index in [0.717, 1.165) is 53.7 Å². The quantitative estimate of drug-likeness (QED) is 0.107. The van der Waals surface area contributed by atoms with Crippen molar-refractivity contribution in [2.75, 3.05) is 23.7 Å². The third kappa shape index (κ3) is 10.4. The van der Waals surface area contributed by atoms with Crippen LogP contribution in [0.3, 0.4) is 0 Å². The highest BCUT2D eigenvalue weighted by molar-refractivity contribution is 5.78. The van der Waals surface area contributed by atoms with Crippen molar-refractivity contribution in [3.05, 3.63) is 187 Å². The highest BCUT2D eigenvalue weighted by atomic mass is 19.1. The van der Waals surface area contributed by atoms with Crippen LogP contribution in [0, 0.1) is 11.6 Å². The molecule has 2 atom stereocenters. The second-order valence-corrected chi connectivity index (χ2v) is 15.8. The van der Waals surface area contributed by atoms with Crippen molar-refractivity contribution in [1.29, 1.82) is 0 Å². The maximum Gasteiger partial charge on any atom is 0.227 e. The van der Waals surface area contributed by atoms with Crippen LogP contribution in [0.15, 0.2) is 167 Å². The molecule has 9 aromatic rings. The molecule has 0 aliphatic carbocycles. The fraction of sp³-hybridized carbons (Fsp3) is 0.173. The molecule has 12 nitrogen and oxygen atoms in total. The maximum atomic E-state index is 13.6. The number of halogens is 2. The van der Waals surface area contributed by atoms with Crippen molar-refractivity contribution >= 4 is 11.9 Å². The molecule has 5 aromatic heterocycles. The monoisotopic (exact) mass is 880 g/mol. The molecule has 1 fully saturated rings. The Bertz CT molecular complexity index is 2960. The number of piperidine rings is 1. The van der Waals surface area contributed by atoms with Gasteiger partial charge in [0, 0.05) is 47.4 Å². The van der Waals surface area contributed by atoms with Gasteiger partial charge < -0.3 is 24.8 Å². The van der Waals surface area contributed by atoms with Crippen LogP contribution in [-0.4, -0.2) is 48.0 Å². The van der Waals surface area contributed by atoms with Gasteiger partial charge in [-0.15, -0.1) is 0 Å². The molecule has 0 amide bonds. The lowest BCUT2D eigenvalue weighted by Gasteiger charge is -2.19. The summed E-state index contributed by atoms with van der Waals surface area (Å²) < 4.78 is 39.6. The topological polar surface area (TPSA) is 153 Å². The summed E-state index contributed by atoms with van der Waals surface area (Å²) in [7, 11) is 0. The molecular formula is C52H46F2N10O2. The number of anilines is 2. The number of rotatable bonds is 12. The fourth-order valence-corrected chi connectivity index (χ4v) is 7.62. The summed E-state index contributed by atoms with van der Waals surface area (Å²) in [6.45, 7) is 5.99. The smallest absolute Gasteiger partial charge is 0.227 e. The van der Waals surface area contributed by atoms with Gasteiger partial charge in [-0.1, -0.05) is 60.7 Å². The van der Waals surface area contributed by atoms with E-state index >= 15 is 0 Å². The van der Waals surface area contributed by atoms with Gasteiger partial charge in [-0.05, 0) is 124 Å². The summed E-state index contributed by atoms with van der Waals surface area (Å²) in [6.07, 6.45) is 8.67. The summed E-state index contributed by atoms with van der Waals surface area (Å²) in [5, 5.41) is 10.1. The van der Waals surface area contributed by atoms with E-state index in [9.17, 15) is 8.78 Å². The van der Waals surface area contributed by atoms with E-state index in [-0.39, 0.29) is 29.6 Å².